The lowest BCUT2D eigenvalue weighted by Gasteiger charge is -2.13. The second-order valence-corrected chi connectivity index (χ2v) is 4.83. The molecule has 2 aromatic rings. The number of rotatable bonds is 1. The standard InChI is InChI=1S/C12H14ClN3/c1-8-14-10-6-7-11(13)15-12(10)16(8)9-4-2-3-5-9/h6-7,9H,2-5H2,1H3. The third-order valence-electron chi connectivity index (χ3n) is 3.37. The van der Waals surface area contributed by atoms with Gasteiger partial charge in [0.05, 0.1) is 0 Å². The molecular weight excluding hydrogens is 222 g/mol. The lowest BCUT2D eigenvalue weighted by atomic mass is 10.2. The first-order valence-corrected chi connectivity index (χ1v) is 6.14. The molecule has 4 heteroatoms. The fraction of sp³-hybridized carbons (Fsp3) is 0.500. The molecule has 16 heavy (non-hydrogen) atoms. The van der Waals surface area contributed by atoms with E-state index in [4.69, 9.17) is 11.6 Å². The van der Waals surface area contributed by atoms with Crippen LogP contribution in [0.15, 0.2) is 12.1 Å². The number of pyridine rings is 1. The van der Waals surface area contributed by atoms with E-state index in [0.29, 0.717) is 11.2 Å². The van der Waals surface area contributed by atoms with Crippen LogP contribution >= 0.6 is 11.6 Å². The van der Waals surface area contributed by atoms with Crippen molar-refractivity contribution in [2.24, 2.45) is 0 Å². The Kier molecular flexibility index (Phi) is 2.36. The van der Waals surface area contributed by atoms with Gasteiger partial charge in [-0.15, -0.1) is 0 Å². The second-order valence-electron chi connectivity index (χ2n) is 4.44. The van der Waals surface area contributed by atoms with Gasteiger partial charge in [0.2, 0.25) is 0 Å². The Morgan fingerprint density at radius 2 is 2.00 bits per heavy atom. The summed E-state index contributed by atoms with van der Waals surface area (Å²) in [6, 6.07) is 4.31. The first-order valence-electron chi connectivity index (χ1n) is 5.77. The Bertz CT molecular complexity index is 526. The molecule has 1 aliphatic rings. The molecule has 3 nitrogen and oxygen atoms in total. The predicted octanol–water partition coefficient (Wildman–Crippen LogP) is 3.51. The van der Waals surface area contributed by atoms with Crippen molar-refractivity contribution in [2.45, 2.75) is 38.6 Å². The average molecular weight is 236 g/mol. The molecule has 2 aromatic heterocycles. The minimum atomic E-state index is 0.548. The van der Waals surface area contributed by atoms with Gasteiger partial charge in [0.1, 0.15) is 16.5 Å². The van der Waals surface area contributed by atoms with E-state index in [0.717, 1.165) is 17.0 Å². The number of nitrogens with zero attached hydrogens (tertiary/aromatic N) is 3. The molecule has 0 atom stereocenters. The fourth-order valence-corrected chi connectivity index (χ4v) is 2.81. The van der Waals surface area contributed by atoms with E-state index in [-0.39, 0.29) is 0 Å². The van der Waals surface area contributed by atoms with E-state index in [1.807, 2.05) is 13.0 Å². The van der Waals surface area contributed by atoms with E-state index in [2.05, 4.69) is 14.5 Å². The molecule has 3 rings (SSSR count). The molecule has 84 valence electrons. The van der Waals surface area contributed by atoms with Crippen LogP contribution in [0.25, 0.3) is 11.2 Å². The maximum atomic E-state index is 5.95. The first kappa shape index (κ1) is 10.1. The Hall–Kier alpha value is -1.09. The molecule has 0 radical (unpaired) electrons. The predicted molar refractivity (Wildman–Crippen MR) is 64.8 cm³/mol. The van der Waals surface area contributed by atoms with Crippen LogP contribution in [0.4, 0.5) is 0 Å². The topological polar surface area (TPSA) is 30.7 Å². The van der Waals surface area contributed by atoms with Crippen LogP contribution in [0, 0.1) is 6.92 Å². The lowest BCUT2D eigenvalue weighted by Crippen LogP contribution is -2.07. The van der Waals surface area contributed by atoms with E-state index in [1.165, 1.54) is 25.7 Å². The van der Waals surface area contributed by atoms with Crippen molar-refractivity contribution >= 4 is 22.8 Å². The molecule has 1 fully saturated rings. The Labute approximate surface area is 99.5 Å². The van der Waals surface area contributed by atoms with Gasteiger partial charge in [0, 0.05) is 6.04 Å². The monoisotopic (exact) mass is 235 g/mol. The van der Waals surface area contributed by atoms with Gasteiger partial charge in [0.15, 0.2) is 5.65 Å². The molecule has 2 heterocycles. The zero-order chi connectivity index (χ0) is 11.1. The molecule has 1 saturated carbocycles. The third kappa shape index (κ3) is 1.50. The van der Waals surface area contributed by atoms with Crippen LogP contribution in [0.2, 0.25) is 5.15 Å². The number of halogens is 1. The summed E-state index contributed by atoms with van der Waals surface area (Å²) in [5.74, 6) is 1.05. The summed E-state index contributed by atoms with van der Waals surface area (Å²) in [4.78, 5) is 8.95. The third-order valence-corrected chi connectivity index (χ3v) is 3.58. The van der Waals surface area contributed by atoms with Crippen LogP contribution < -0.4 is 0 Å². The highest BCUT2D eigenvalue weighted by molar-refractivity contribution is 6.29. The fourth-order valence-electron chi connectivity index (χ4n) is 2.66. The van der Waals surface area contributed by atoms with Gasteiger partial charge >= 0.3 is 0 Å². The maximum absolute atomic E-state index is 5.95. The molecular formula is C12H14ClN3. The molecule has 0 saturated heterocycles. The normalized spacial score (nSPS) is 17.4. The van der Waals surface area contributed by atoms with E-state index in [9.17, 15) is 0 Å². The van der Waals surface area contributed by atoms with E-state index in [1.54, 1.807) is 6.07 Å². The molecule has 0 aromatic carbocycles. The summed E-state index contributed by atoms with van der Waals surface area (Å²) < 4.78 is 2.26. The molecule has 1 aliphatic carbocycles. The van der Waals surface area contributed by atoms with Crippen molar-refractivity contribution in [1.29, 1.82) is 0 Å². The van der Waals surface area contributed by atoms with E-state index >= 15 is 0 Å². The minimum absolute atomic E-state index is 0.548. The van der Waals surface area contributed by atoms with Gasteiger partial charge in [0.25, 0.3) is 0 Å². The van der Waals surface area contributed by atoms with Crippen LogP contribution in [0.1, 0.15) is 37.5 Å². The summed E-state index contributed by atoms with van der Waals surface area (Å²) in [7, 11) is 0. The lowest BCUT2D eigenvalue weighted by molar-refractivity contribution is 0.517. The van der Waals surface area contributed by atoms with Crippen LogP contribution in [0.3, 0.4) is 0 Å². The smallest absolute Gasteiger partial charge is 0.161 e. The van der Waals surface area contributed by atoms with Crippen LogP contribution in [0.5, 0.6) is 0 Å². The van der Waals surface area contributed by atoms with Crippen molar-refractivity contribution in [2.75, 3.05) is 0 Å². The number of aryl methyl sites for hydroxylation is 1. The summed E-state index contributed by atoms with van der Waals surface area (Å²) >= 11 is 5.95. The molecule has 0 amide bonds. The quantitative estimate of drug-likeness (QED) is 0.709. The summed E-state index contributed by atoms with van der Waals surface area (Å²) in [6.07, 6.45) is 5.09. The van der Waals surface area contributed by atoms with Gasteiger partial charge in [-0.1, -0.05) is 24.4 Å². The Morgan fingerprint density at radius 3 is 2.75 bits per heavy atom. The summed E-state index contributed by atoms with van der Waals surface area (Å²) in [6.45, 7) is 2.05. The van der Waals surface area contributed by atoms with Crippen LogP contribution in [-0.4, -0.2) is 14.5 Å². The molecule has 0 bridgehead atoms. The first-order chi connectivity index (χ1) is 7.75. The second kappa shape index (κ2) is 3.74. The highest BCUT2D eigenvalue weighted by atomic mass is 35.5. The van der Waals surface area contributed by atoms with Gasteiger partial charge in [-0.25, -0.2) is 9.97 Å². The highest BCUT2D eigenvalue weighted by Gasteiger charge is 2.21. The summed E-state index contributed by atoms with van der Waals surface area (Å²) in [5, 5.41) is 0.548. The largest absolute Gasteiger partial charge is 0.310 e. The number of imidazole rings is 1. The van der Waals surface area contributed by atoms with E-state index < -0.39 is 0 Å². The van der Waals surface area contributed by atoms with Crippen molar-refractivity contribution in [3.8, 4) is 0 Å². The number of hydrogen-bond acceptors (Lipinski definition) is 2. The summed E-state index contributed by atoms with van der Waals surface area (Å²) in [5.41, 5.74) is 1.89. The highest BCUT2D eigenvalue weighted by Crippen LogP contribution is 2.33. The zero-order valence-corrected chi connectivity index (χ0v) is 10.0. The average Bonchev–Trinajstić information content (AvgIpc) is 2.83. The SMILES string of the molecule is Cc1nc2ccc(Cl)nc2n1C1CCCC1. The minimum Gasteiger partial charge on any atom is -0.310 e. The van der Waals surface area contributed by atoms with Gasteiger partial charge in [-0.3, -0.25) is 0 Å². The van der Waals surface area contributed by atoms with Crippen molar-refractivity contribution < 1.29 is 0 Å². The maximum Gasteiger partial charge on any atom is 0.161 e. The van der Waals surface area contributed by atoms with Gasteiger partial charge < -0.3 is 4.57 Å². The van der Waals surface area contributed by atoms with Crippen molar-refractivity contribution in [3.63, 3.8) is 0 Å². The molecule has 0 unspecified atom stereocenters. The zero-order valence-electron chi connectivity index (χ0n) is 9.28. The number of aromatic nitrogens is 3. The Morgan fingerprint density at radius 1 is 1.25 bits per heavy atom. The Balaban J connectivity index is 2.20. The van der Waals surface area contributed by atoms with Gasteiger partial charge in [-0.2, -0.15) is 0 Å². The van der Waals surface area contributed by atoms with Gasteiger partial charge in [-0.05, 0) is 31.9 Å². The van der Waals surface area contributed by atoms with Crippen LogP contribution in [-0.2, 0) is 0 Å². The number of fused-ring (bicyclic) bond motifs is 1. The van der Waals surface area contributed by atoms with Crippen molar-refractivity contribution in [1.82, 2.24) is 14.5 Å². The van der Waals surface area contributed by atoms with Crippen molar-refractivity contribution in [3.05, 3.63) is 23.1 Å². The molecule has 0 aliphatic heterocycles. The number of hydrogen-bond donors (Lipinski definition) is 0. The molecule has 0 spiro atoms. The molecule has 0 N–H and O–H groups in total.